The van der Waals surface area contributed by atoms with Gasteiger partial charge in [-0.05, 0) is 49.3 Å². The van der Waals surface area contributed by atoms with E-state index in [0.717, 1.165) is 45.4 Å². The highest BCUT2D eigenvalue weighted by atomic mass is 32.2. The lowest BCUT2D eigenvalue weighted by atomic mass is 10.2. The monoisotopic (exact) mass is 410 g/mol. The predicted octanol–water partition coefficient (Wildman–Crippen LogP) is 3.31. The van der Waals surface area contributed by atoms with Gasteiger partial charge in [0.25, 0.3) is 10.0 Å². The lowest BCUT2D eigenvalue weighted by molar-refractivity contribution is 0.0653. The third-order valence-corrected chi connectivity index (χ3v) is 7.76. The number of hydrogen-bond donors (Lipinski definition) is 0. The molecule has 2 fully saturated rings. The van der Waals surface area contributed by atoms with E-state index in [2.05, 4.69) is 22.4 Å². The zero-order valence-electron chi connectivity index (χ0n) is 15.4. The average molecular weight is 411 g/mol. The molecule has 0 aromatic carbocycles. The van der Waals surface area contributed by atoms with E-state index >= 15 is 0 Å². The van der Waals surface area contributed by atoms with Crippen LogP contribution < -0.4 is 0 Å². The molecule has 2 saturated heterocycles. The first-order valence-corrected chi connectivity index (χ1v) is 11.9. The minimum atomic E-state index is -3.50. The van der Waals surface area contributed by atoms with Crippen LogP contribution >= 0.6 is 11.3 Å². The maximum atomic E-state index is 12.7. The van der Waals surface area contributed by atoms with E-state index in [1.54, 1.807) is 23.5 Å². The molecular weight excluding hydrogens is 384 g/mol. The molecule has 2 aromatic heterocycles. The Morgan fingerprint density at radius 2 is 2.00 bits per heavy atom. The fourth-order valence-electron chi connectivity index (χ4n) is 3.74. The van der Waals surface area contributed by atoms with Gasteiger partial charge in [-0.1, -0.05) is 6.07 Å². The van der Waals surface area contributed by atoms with Crippen LogP contribution in [0.4, 0.5) is 0 Å². The van der Waals surface area contributed by atoms with E-state index in [1.807, 2.05) is 0 Å². The van der Waals surface area contributed by atoms with E-state index in [9.17, 15) is 8.42 Å². The quantitative estimate of drug-likeness (QED) is 0.668. The number of furan rings is 1. The van der Waals surface area contributed by atoms with Crippen LogP contribution in [0, 0.1) is 0 Å². The topological polar surface area (TPSA) is 63.0 Å². The molecule has 148 valence electrons. The van der Waals surface area contributed by atoms with Gasteiger partial charge in [0, 0.05) is 37.7 Å². The van der Waals surface area contributed by atoms with Gasteiger partial charge in [0.15, 0.2) is 0 Å². The van der Waals surface area contributed by atoms with Crippen molar-refractivity contribution in [2.24, 2.45) is 0 Å². The SMILES string of the molecule is O=S(=O)(c1ccc(CN(Cc2cccs2)C[C@H]2CCCO2)o1)N1CCCC1. The minimum absolute atomic E-state index is 0.0626. The summed E-state index contributed by atoms with van der Waals surface area (Å²) in [4.78, 5) is 3.57. The van der Waals surface area contributed by atoms with Gasteiger partial charge >= 0.3 is 0 Å². The second-order valence-electron chi connectivity index (χ2n) is 7.22. The summed E-state index contributed by atoms with van der Waals surface area (Å²) >= 11 is 1.73. The number of thiophene rings is 1. The molecule has 0 amide bonds. The first-order chi connectivity index (χ1) is 13.1. The Labute approximate surface area is 164 Å². The van der Waals surface area contributed by atoms with Crippen LogP contribution in [0.3, 0.4) is 0 Å². The van der Waals surface area contributed by atoms with Crippen molar-refractivity contribution in [3.63, 3.8) is 0 Å². The number of hydrogen-bond acceptors (Lipinski definition) is 6. The molecule has 0 spiro atoms. The first kappa shape index (κ1) is 19.1. The predicted molar refractivity (Wildman–Crippen MR) is 104 cm³/mol. The van der Waals surface area contributed by atoms with E-state index in [1.165, 1.54) is 9.18 Å². The Hall–Kier alpha value is -1.19. The molecule has 0 saturated carbocycles. The molecule has 6 nitrogen and oxygen atoms in total. The second-order valence-corrected chi connectivity index (χ2v) is 10.1. The molecule has 0 unspecified atom stereocenters. The van der Waals surface area contributed by atoms with Crippen LogP contribution in [0.25, 0.3) is 0 Å². The summed E-state index contributed by atoms with van der Waals surface area (Å²) in [7, 11) is -3.50. The molecular formula is C19H26N2O4S2. The summed E-state index contributed by atoms with van der Waals surface area (Å²) in [5.74, 6) is 0.683. The second kappa shape index (κ2) is 8.45. The molecule has 0 bridgehead atoms. The first-order valence-electron chi connectivity index (χ1n) is 9.56. The Morgan fingerprint density at radius 3 is 2.70 bits per heavy atom. The summed E-state index contributed by atoms with van der Waals surface area (Å²) in [5.41, 5.74) is 0. The number of ether oxygens (including phenoxy) is 1. The normalized spacial score (nSPS) is 21.4. The zero-order chi connectivity index (χ0) is 18.7. The van der Waals surface area contributed by atoms with Gasteiger partial charge in [-0.3, -0.25) is 4.90 Å². The third-order valence-electron chi connectivity index (χ3n) is 5.12. The van der Waals surface area contributed by atoms with Crippen molar-refractivity contribution in [3.8, 4) is 0 Å². The van der Waals surface area contributed by atoms with Crippen molar-refractivity contribution >= 4 is 21.4 Å². The van der Waals surface area contributed by atoms with Crippen molar-refractivity contribution in [1.29, 1.82) is 0 Å². The maximum absolute atomic E-state index is 12.7. The summed E-state index contributed by atoms with van der Waals surface area (Å²) in [6, 6.07) is 7.56. The molecule has 1 atom stereocenters. The number of sulfonamides is 1. The van der Waals surface area contributed by atoms with Gasteiger partial charge in [-0.15, -0.1) is 11.3 Å². The Kier molecular flexibility index (Phi) is 5.99. The summed E-state index contributed by atoms with van der Waals surface area (Å²) in [6.07, 6.45) is 4.27. The van der Waals surface area contributed by atoms with Crippen LogP contribution in [0.5, 0.6) is 0 Å². The number of nitrogens with zero attached hydrogens (tertiary/aromatic N) is 2. The summed E-state index contributed by atoms with van der Waals surface area (Å²) in [6.45, 7) is 4.22. The Morgan fingerprint density at radius 1 is 1.15 bits per heavy atom. The zero-order valence-corrected chi connectivity index (χ0v) is 17.0. The van der Waals surface area contributed by atoms with Crippen LogP contribution in [0.2, 0.25) is 0 Å². The Balaban J connectivity index is 1.46. The minimum Gasteiger partial charge on any atom is -0.447 e. The molecule has 0 aliphatic carbocycles. The van der Waals surface area contributed by atoms with Crippen LogP contribution in [0.15, 0.2) is 39.2 Å². The molecule has 2 aliphatic heterocycles. The lowest BCUT2D eigenvalue weighted by Crippen LogP contribution is -2.31. The van der Waals surface area contributed by atoms with E-state index in [-0.39, 0.29) is 11.2 Å². The Bertz CT molecular complexity index is 820. The van der Waals surface area contributed by atoms with Crippen molar-refractivity contribution in [1.82, 2.24) is 9.21 Å². The van der Waals surface area contributed by atoms with Crippen LogP contribution in [-0.2, 0) is 27.8 Å². The van der Waals surface area contributed by atoms with Crippen molar-refractivity contribution < 1.29 is 17.6 Å². The standard InChI is InChI=1S/C19H26N2O4S2/c22-27(23,21-9-1-2-10-21)19-8-7-17(25-19)14-20(13-16-5-3-11-24-16)15-18-6-4-12-26-18/h4,6-8,12,16H,1-3,5,9-11,13-15H2/t16-/m1/s1. The number of rotatable bonds is 8. The molecule has 0 N–H and O–H groups in total. The highest BCUT2D eigenvalue weighted by Crippen LogP contribution is 2.24. The van der Waals surface area contributed by atoms with Gasteiger partial charge in [0.05, 0.1) is 12.6 Å². The highest BCUT2D eigenvalue weighted by molar-refractivity contribution is 7.89. The largest absolute Gasteiger partial charge is 0.447 e. The molecule has 0 radical (unpaired) electrons. The average Bonchev–Trinajstić information content (AvgIpc) is 3.43. The molecule has 2 aliphatic rings. The van der Waals surface area contributed by atoms with Gasteiger partial charge in [0.2, 0.25) is 5.09 Å². The van der Waals surface area contributed by atoms with E-state index in [4.69, 9.17) is 9.15 Å². The third kappa shape index (κ3) is 4.63. The molecule has 4 heterocycles. The molecule has 8 heteroatoms. The van der Waals surface area contributed by atoms with Crippen LogP contribution in [0.1, 0.15) is 36.3 Å². The highest BCUT2D eigenvalue weighted by Gasteiger charge is 2.30. The van der Waals surface area contributed by atoms with E-state index < -0.39 is 10.0 Å². The summed E-state index contributed by atoms with van der Waals surface area (Å²) < 4.78 is 38.4. The molecule has 4 rings (SSSR count). The van der Waals surface area contributed by atoms with Gasteiger partial charge < -0.3 is 9.15 Å². The van der Waals surface area contributed by atoms with E-state index in [0.29, 0.717) is 25.4 Å². The van der Waals surface area contributed by atoms with Gasteiger partial charge in [-0.2, -0.15) is 4.31 Å². The smallest absolute Gasteiger partial charge is 0.276 e. The molecule has 27 heavy (non-hydrogen) atoms. The maximum Gasteiger partial charge on any atom is 0.276 e. The summed E-state index contributed by atoms with van der Waals surface area (Å²) in [5, 5.41) is 2.14. The van der Waals surface area contributed by atoms with Crippen molar-refractivity contribution in [2.75, 3.05) is 26.2 Å². The fourth-order valence-corrected chi connectivity index (χ4v) is 5.93. The van der Waals surface area contributed by atoms with Crippen LogP contribution in [-0.4, -0.2) is 50.0 Å². The molecule has 2 aromatic rings. The van der Waals surface area contributed by atoms with Gasteiger partial charge in [0.1, 0.15) is 5.76 Å². The van der Waals surface area contributed by atoms with Crippen molar-refractivity contribution in [3.05, 3.63) is 40.3 Å². The van der Waals surface area contributed by atoms with Gasteiger partial charge in [-0.25, -0.2) is 8.42 Å². The van der Waals surface area contributed by atoms with Crippen molar-refractivity contribution in [2.45, 2.75) is 50.0 Å². The fraction of sp³-hybridized carbons (Fsp3) is 0.579. The lowest BCUT2D eigenvalue weighted by Gasteiger charge is -2.23.